The lowest BCUT2D eigenvalue weighted by molar-refractivity contribution is -0.136. The molecular formula is C25H27F5N6O3Si. The lowest BCUT2D eigenvalue weighted by Crippen LogP contribution is -2.28. The van der Waals surface area contributed by atoms with Gasteiger partial charge in [-0.05, 0) is 12.1 Å². The van der Waals surface area contributed by atoms with Gasteiger partial charge in [0, 0.05) is 57.3 Å². The molecule has 40 heavy (non-hydrogen) atoms. The average Bonchev–Trinajstić information content (AvgIpc) is 3.51. The van der Waals surface area contributed by atoms with E-state index in [1.807, 2.05) is 0 Å². The summed E-state index contributed by atoms with van der Waals surface area (Å²) in [6.45, 7) is 6.64. The second kappa shape index (κ2) is 11.6. The summed E-state index contributed by atoms with van der Waals surface area (Å²) >= 11 is 0. The zero-order chi connectivity index (χ0) is 29.1. The Labute approximate surface area is 226 Å². The minimum absolute atomic E-state index is 0.0353. The number of aromatic amines is 1. The number of ether oxygens (including phenoxy) is 2. The first-order chi connectivity index (χ1) is 18.8. The number of fused-ring (bicyclic) bond motifs is 1. The van der Waals surface area contributed by atoms with Crippen LogP contribution in [0.25, 0.3) is 11.0 Å². The molecule has 0 radical (unpaired) electrons. The molecule has 0 saturated carbocycles. The van der Waals surface area contributed by atoms with Crippen LogP contribution in [0.3, 0.4) is 0 Å². The first-order valence-electron chi connectivity index (χ1n) is 12.1. The molecule has 0 bridgehead atoms. The van der Waals surface area contributed by atoms with Crippen molar-refractivity contribution in [3.05, 3.63) is 66.0 Å². The van der Waals surface area contributed by atoms with E-state index in [9.17, 15) is 26.7 Å². The number of amides is 2. The molecule has 3 N–H and O–H groups in total. The SMILES string of the molecule is C[Si](C)(C)CCOCn1cc(C(F)(F)F)c2c(Oc3c(F)cc(NC(=O)NCc4ncc[nH]4)cc3F)ccnc21. The Morgan fingerprint density at radius 2 is 1.85 bits per heavy atom. The maximum atomic E-state index is 14.9. The molecule has 0 saturated heterocycles. The number of aromatic nitrogens is 4. The third kappa shape index (κ3) is 7.15. The Bertz CT molecular complexity index is 1460. The van der Waals surface area contributed by atoms with Crippen LogP contribution in [0.2, 0.25) is 25.7 Å². The van der Waals surface area contributed by atoms with Gasteiger partial charge >= 0.3 is 12.2 Å². The summed E-state index contributed by atoms with van der Waals surface area (Å²) in [6.07, 6.45) is 0.248. The molecule has 0 aliphatic rings. The molecule has 3 heterocycles. The molecule has 0 aliphatic heterocycles. The van der Waals surface area contributed by atoms with Crippen LogP contribution in [0.4, 0.5) is 32.4 Å². The molecule has 4 aromatic rings. The van der Waals surface area contributed by atoms with Crippen LogP contribution < -0.4 is 15.4 Å². The second-order valence-electron chi connectivity index (χ2n) is 10.1. The van der Waals surface area contributed by atoms with Gasteiger partial charge in [-0.2, -0.15) is 13.2 Å². The predicted molar refractivity (Wildman–Crippen MR) is 140 cm³/mol. The Morgan fingerprint density at radius 1 is 1.12 bits per heavy atom. The van der Waals surface area contributed by atoms with Gasteiger partial charge in [-0.25, -0.2) is 23.5 Å². The van der Waals surface area contributed by atoms with Crippen molar-refractivity contribution >= 4 is 30.8 Å². The first-order valence-corrected chi connectivity index (χ1v) is 15.9. The molecule has 0 atom stereocenters. The molecule has 3 aromatic heterocycles. The summed E-state index contributed by atoms with van der Waals surface area (Å²) < 4.78 is 83.7. The minimum atomic E-state index is -4.81. The van der Waals surface area contributed by atoms with Crippen LogP contribution in [-0.4, -0.2) is 40.2 Å². The molecular weight excluding hydrogens is 555 g/mol. The number of urea groups is 1. The minimum Gasteiger partial charge on any atom is -0.450 e. The van der Waals surface area contributed by atoms with Crippen LogP contribution in [0.15, 0.2) is 43.0 Å². The zero-order valence-electron chi connectivity index (χ0n) is 21.8. The van der Waals surface area contributed by atoms with E-state index in [-0.39, 0.29) is 24.6 Å². The van der Waals surface area contributed by atoms with Crippen molar-refractivity contribution in [2.24, 2.45) is 0 Å². The van der Waals surface area contributed by atoms with Gasteiger partial charge in [0.15, 0.2) is 17.4 Å². The number of H-pyrrole nitrogens is 1. The van der Waals surface area contributed by atoms with Crippen molar-refractivity contribution in [2.45, 2.75) is 45.1 Å². The van der Waals surface area contributed by atoms with Crippen molar-refractivity contribution in [3.8, 4) is 11.5 Å². The first kappa shape index (κ1) is 29.0. The van der Waals surface area contributed by atoms with Crippen molar-refractivity contribution in [1.29, 1.82) is 0 Å². The van der Waals surface area contributed by atoms with Crippen LogP contribution in [-0.2, 0) is 24.2 Å². The summed E-state index contributed by atoms with van der Waals surface area (Å²) in [7, 11) is -1.42. The van der Waals surface area contributed by atoms with Gasteiger partial charge in [0.1, 0.15) is 24.0 Å². The highest BCUT2D eigenvalue weighted by Gasteiger charge is 2.37. The Morgan fingerprint density at radius 3 is 2.48 bits per heavy atom. The summed E-state index contributed by atoms with van der Waals surface area (Å²) in [4.78, 5) is 22.8. The molecule has 1 aromatic carbocycles. The fourth-order valence-corrected chi connectivity index (χ4v) is 4.46. The highest BCUT2D eigenvalue weighted by atomic mass is 28.3. The predicted octanol–water partition coefficient (Wildman–Crippen LogP) is 6.48. The Balaban J connectivity index is 1.56. The van der Waals surface area contributed by atoms with E-state index < -0.39 is 54.4 Å². The molecule has 9 nitrogen and oxygen atoms in total. The molecule has 15 heteroatoms. The number of anilines is 1. The summed E-state index contributed by atoms with van der Waals surface area (Å²) in [5.74, 6) is -3.41. The van der Waals surface area contributed by atoms with E-state index in [0.717, 1.165) is 30.4 Å². The molecule has 0 aliphatic carbocycles. The topological polar surface area (TPSA) is 106 Å². The highest BCUT2D eigenvalue weighted by Crippen LogP contribution is 2.42. The number of nitrogens with one attached hydrogen (secondary N) is 3. The summed E-state index contributed by atoms with van der Waals surface area (Å²) in [6, 6.07) is 2.70. The Hall–Kier alpha value is -3.98. The van der Waals surface area contributed by atoms with Crippen molar-refractivity contribution in [1.82, 2.24) is 24.8 Å². The van der Waals surface area contributed by atoms with Gasteiger partial charge in [-0.3, -0.25) is 0 Å². The number of hydrogen-bond donors (Lipinski definition) is 3. The number of hydrogen-bond acceptors (Lipinski definition) is 5. The number of halogens is 5. The molecule has 2 amide bonds. The van der Waals surface area contributed by atoms with Gasteiger partial charge in [0.05, 0.1) is 17.5 Å². The van der Waals surface area contributed by atoms with Gasteiger partial charge in [0.2, 0.25) is 0 Å². The quantitative estimate of drug-likeness (QED) is 0.113. The normalized spacial score (nSPS) is 12.1. The lowest BCUT2D eigenvalue weighted by atomic mass is 10.2. The highest BCUT2D eigenvalue weighted by molar-refractivity contribution is 6.76. The summed E-state index contributed by atoms with van der Waals surface area (Å²) in [5.41, 5.74) is -1.45. The number of benzene rings is 1. The number of carbonyl (C=O) groups excluding carboxylic acids is 1. The maximum absolute atomic E-state index is 14.9. The third-order valence-electron chi connectivity index (χ3n) is 5.69. The fourth-order valence-electron chi connectivity index (χ4n) is 3.70. The van der Waals surface area contributed by atoms with Crippen molar-refractivity contribution in [2.75, 3.05) is 11.9 Å². The number of carbonyl (C=O) groups is 1. The van der Waals surface area contributed by atoms with E-state index in [1.165, 1.54) is 17.0 Å². The fraction of sp³-hybridized carbons (Fsp3) is 0.320. The molecule has 214 valence electrons. The summed E-state index contributed by atoms with van der Waals surface area (Å²) in [5, 5.41) is 4.25. The smallest absolute Gasteiger partial charge is 0.418 e. The number of nitrogens with zero attached hydrogens (tertiary/aromatic N) is 3. The molecule has 0 spiro atoms. The van der Waals surface area contributed by atoms with Gasteiger partial charge in [0.25, 0.3) is 0 Å². The van der Waals surface area contributed by atoms with Gasteiger partial charge in [-0.1, -0.05) is 19.6 Å². The number of imidazole rings is 1. The molecule has 4 rings (SSSR count). The van der Waals surface area contributed by atoms with Crippen molar-refractivity contribution in [3.63, 3.8) is 0 Å². The van der Waals surface area contributed by atoms with Crippen LogP contribution in [0.5, 0.6) is 11.5 Å². The molecule has 0 fully saturated rings. The van der Waals surface area contributed by atoms with Crippen molar-refractivity contribution < 1.29 is 36.2 Å². The van der Waals surface area contributed by atoms with E-state index >= 15 is 0 Å². The number of rotatable bonds is 10. The van der Waals surface area contributed by atoms with Crippen LogP contribution in [0.1, 0.15) is 11.4 Å². The number of alkyl halides is 3. The zero-order valence-corrected chi connectivity index (χ0v) is 22.8. The second-order valence-corrected chi connectivity index (χ2v) is 15.7. The number of pyridine rings is 1. The van der Waals surface area contributed by atoms with E-state index in [2.05, 4.69) is 45.2 Å². The largest absolute Gasteiger partial charge is 0.450 e. The molecule has 0 unspecified atom stereocenters. The standard InChI is InChI=1S/C25H27F5N6O3Si/c1-40(2,3)9-8-38-14-36-13-16(25(28,29)30)21-19(4-5-33-23(21)36)39-22-17(26)10-15(11-18(22)27)35-24(37)34-12-20-31-6-7-32-20/h4-7,10-11,13H,8-9,12,14H2,1-3H3,(H,31,32)(H2,34,35,37). The average molecular weight is 583 g/mol. The van der Waals surface area contributed by atoms with Gasteiger partial charge < -0.3 is 29.7 Å². The van der Waals surface area contributed by atoms with E-state index in [4.69, 9.17) is 9.47 Å². The van der Waals surface area contributed by atoms with Gasteiger partial charge in [-0.15, -0.1) is 0 Å². The van der Waals surface area contributed by atoms with Crippen LogP contribution in [0, 0.1) is 11.6 Å². The third-order valence-corrected chi connectivity index (χ3v) is 7.39. The van der Waals surface area contributed by atoms with E-state index in [0.29, 0.717) is 12.4 Å². The monoisotopic (exact) mass is 582 g/mol. The maximum Gasteiger partial charge on any atom is 0.418 e. The van der Waals surface area contributed by atoms with E-state index in [1.54, 1.807) is 6.20 Å². The lowest BCUT2D eigenvalue weighted by Gasteiger charge is -2.15. The Kier molecular flexibility index (Phi) is 8.44. The van der Waals surface area contributed by atoms with Crippen LogP contribution >= 0.6 is 0 Å².